The van der Waals surface area contributed by atoms with Gasteiger partial charge in [-0.25, -0.2) is 0 Å². The van der Waals surface area contributed by atoms with E-state index < -0.39 is 40.6 Å². The van der Waals surface area contributed by atoms with Crippen molar-refractivity contribution >= 4 is 17.4 Å². The Morgan fingerprint density at radius 2 is 1.68 bits per heavy atom. The van der Waals surface area contributed by atoms with E-state index >= 15 is 0 Å². The summed E-state index contributed by atoms with van der Waals surface area (Å²) >= 11 is 0. The lowest BCUT2D eigenvalue weighted by Crippen LogP contribution is -2.33. The zero-order valence-corrected chi connectivity index (χ0v) is 17.4. The molecule has 1 heterocycles. The van der Waals surface area contributed by atoms with Crippen molar-refractivity contribution in [1.82, 2.24) is 0 Å². The van der Waals surface area contributed by atoms with Crippen LogP contribution in [0.1, 0.15) is 37.9 Å². The van der Waals surface area contributed by atoms with Crippen LogP contribution in [0.25, 0.3) is 0 Å². The molecule has 0 radical (unpaired) electrons. The van der Waals surface area contributed by atoms with Crippen LogP contribution in [0.5, 0.6) is 5.75 Å². The van der Waals surface area contributed by atoms with Gasteiger partial charge in [0.25, 0.3) is 5.91 Å². The first-order chi connectivity index (χ1) is 14.4. The molecule has 1 unspecified atom stereocenters. The number of carbonyl (C=O) groups excluding carboxylic acids is 2. The van der Waals surface area contributed by atoms with Gasteiger partial charge in [-0.05, 0) is 35.9 Å². The van der Waals surface area contributed by atoms with Gasteiger partial charge in [0.15, 0.2) is 11.5 Å². The zero-order valence-electron chi connectivity index (χ0n) is 17.4. The lowest BCUT2D eigenvalue weighted by atomic mass is 9.82. The molecule has 5 nitrogen and oxygen atoms in total. The number of amides is 1. The Balaban J connectivity index is 2.20. The highest BCUT2D eigenvalue weighted by Gasteiger charge is 2.47. The fourth-order valence-electron chi connectivity index (χ4n) is 3.44. The number of nitrogens with zero attached hydrogens (tertiary/aromatic N) is 1. The Labute approximate surface area is 177 Å². The average Bonchev–Trinajstić information content (AvgIpc) is 2.97. The first-order valence-electron chi connectivity index (χ1n) is 9.49. The summed E-state index contributed by atoms with van der Waals surface area (Å²) in [5.74, 6) is -1.66. The molecule has 0 aromatic heterocycles. The minimum atomic E-state index is -4.62. The molecule has 2 aromatic carbocycles. The van der Waals surface area contributed by atoms with Gasteiger partial charge in [0.05, 0.1) is 24.3 Å². The molecular formula is C23H22F3NO4. The minimum Gasteiger partial charge on any atom is -0.503 e. The summed E-state index contributed by atoms with van der Waals surface area (Å²) in [4.78, 5) is 27.1. The number of hydrogen-bond donors (Lipinski definition) is 1. The van der Waals surface area contributed by atoms with Crippen molar-refractivity contribution in [2.24, 2.45) is 5.41 Å². The molecule has 3 rings (SSSR count). The molecule has 1 amide bonds. The quantitative estimate of drug-likeness (QED) is 0.717. The molecular weight excluding hydrogens is 411 g/mol. The summed E-state index contributed by atoms with van der Waals surface area (Å²) in [5.41, 5.74) is -1.66. The van der Waals surface area contributed by atoms with Crippen molar-refractivity contribution < 1.29 is 32.6 Å². The highest BCUT2D eigenvalue weighted by atomic mass is 19.4. The highest BCUT2D eigenvalue weighted by Crippen LogP contribution is 2.44. The maximum Gasteiger partial charge on any atom is 0.416 e. The van der Waals surface area contributed by atoms with Crippen LogP contribution in [0.15, 0.2) is 59.9 Å². The van der Waals surface area contributed by atoms with Crippen LogP contribution in [-0.4, -0.2) is 23.9 Å². The maximum atomic E-state index is 13.3. The largest absolute Gasteiger partial charge is 0.503 e. The summed E-state index contributed by atoms with van der Waals surface area (Å²) < 4.78 is 44.9. The Kier molecular flexibility index (Phi) is 5.60. The number of alkyl halides is 3. The van der Waals surface area contributed by atoms with Gasteiger partial charge in [0.2, 0.25) is 0 Å². The van der Waals surface area contributed by atoms with Crippen LogP contribution in [0.4, 0.5) is 18.9 Å². The molecule has 0 aliphatic carbocycles. The second-order valence-electron chi connectivity index (χ2n) is 8.24. The van der Waals surface area contributed by atoms with E-state index in [0.717, 1.165) is 17.0 Å². The summed E-state index contributed by atoms with van der Waals surface area (Å²) in [5, 5.41) is 10.6. The zero-order chi connectivity index (χ0) is 23.1. The maximum absolute atomic E-state index is 13.3. The third-order valence-corrected chi connectivity index (χ3v) is 5.02. The van der Waals surface area contributed by atoms with Crippen molar-refractivity contribution in [2.75, 3.05) is 12.0 Å². The number of anilines is 1. The van der Waals surface area contributed by atoms with Crippen molar-refractivity contribution in [3.8, 4) is 5.75 Å². The van der Waals surface area contributed by atoms with Crippen LogP contribution >= 0.6 is 0 Å². The Morgan fingerprint density at radius 3 is 2.19 bits per heavy atom. The van der Waals surface area contributed by atoms with Crippen molar-refractivity contribution in [3.05, 3.63) is 71.0 Å². The molecule has 0 saturated heterocycles. The number of benzene rings is 2. The van der Waals surface area contributed by atoms with Gasteiger partial charge < -0.3 is 9.84 Å². The minimum absolute atomic E-state index is 0.0797. The lowest BCUT2D eigenvalue weighted by molar-refractivity contribution is -0.137. The Bertz CT molecular complexity index is 1050. The molecule has 31 heavy (non-hydrogen) atoms. The number of hydrogen-bond acceptors (Lipinski definition) is 4. The highest BCUT2D eigenvalue weighted by molar-refractivity contribution is 6.17. The predicted octanol–water partition coefficient (Wildman–Crippen LogP) is 5.23. The van der Waals surface area contributed by atoms with E-state index in [-0.39, 0.29) is 11.3 Å². The topological polar surface area (TPSA) is 66.8 Å². The molecule has 164 valence electrons. The number of methoxy groups -OCH3 is 1. The van der Waals surface area contributed by atoms with E-state index in [9.17, 15) is 27.9 Å². The number of rotatable bonds is 4. The van der Waals surface area contributed by atoms with Crippen LogP contribution in [0.3, 0.4) is 0 Å². The van der Waals surface area contributed by atoms with Gasteiger partial charge in [-0.1, -0.05) is 39.0 Å². The van der Waals surface area contributed by atoms with Crippen molar-refractivity contribution in [2.45, 2.75) is 33.0 Å². The molecule has 2 aromatic rings. The fourth-order valence-corrected chi connectivity index (χ4v) is 3.44. The van der Waals surface area contributed by atoms with Crippen LogP contribution in [0, 0.1) is 5.41 Å². The lowest BCUT2D eigenvalue weighted by Gasteiger charge is -2.29. The summed E-state index contributed by atoms with van der Waals surface area (Å²) in [6.45, 7) is 4.91. The monoisotopic (exact) mass is 433 g/mol. The van der Waals surface area contributed by atoms with Gasteiger partial charge in [-0.3, -0.25) is 14.5 Å². The van der Waals surface area contributed by atoms with Gasteiger partial charge in [0, 0.05) is 11.1 Å². The molecule has 1 aliphatic rings. The standard InChI is InChI=1S/C23H22F3NO4/c1-22(2,3)20(29)17-18(13-8-10-16(31-4)11-9-13)27(21(30)19(17)28)15-7-5-6-14(12-15)23(24,25)26/h5-12,18,28H,1-4H3. The summed E-state index contributed by atoms with van der Waals surface area (Å²) in [6, 6.07) is 9.56. The molecule has 1 atom stereocenters. The average molecular weight is 433 g/mol. The summed E-state index contributed by atoms with van der Waals surface area (Å²) in [7, 11) is 1.48. The molecule has 0 spiro atoms. The van der Waals surface area contributed by atoms with E-state index in [1.54, 1.807) is 45.0 Å². The predicted molar refractivity (Wildman–Crippen MR) is 109 cm³/mol. The van der Waals surface area contributed by atoms with Gasteiger partial charge in [0.1, 0.15) is 5.75 Å². The van der Waals surface area contributed by atoms with Crippen LogP contribution < -0.4 is 9.64 Å². The first kappa shape index (κ1) is 22.4. The van der Waals surface area contributed by atoms with Gasteiger partial charge in [-0.15, -0.1) is 0 Å². The SMILES string of the molecule is COc1ccc(C2C(C(=O)C(C)(C)C)=C(O)C(=O)N2c2cccc(C(F)(F)F)c2)cc1. The number of aliphatic hydroxyl groups is 1. The second-order valence-corrected chi connectivity index (χ2v) is 8.24. The molecule has 8 heteroatoms. The Hall–Kier alpha value is -3.29. The van der Waals surface area contributed by atoms with Gasteiger partial charge in [-0.2, -0.15) is 13.2 Å². The fraction of sp³-hybridized carbons (Fsp3) is 0.304. The molecule has 0 saturated carbocycles. The third-order valence-electron chi connectivity index (χ3n) is 5.02. The van der Waals surface area contributed by atoms with Crippen LogP contribution in [-0.2, 0) is 15.8 Å². The number of ether oxygens (including phenoxy) is 1. The van der Waals surface area contributed by atoms with E-state index in [0.29, 0.717) is 11.3 Å². The Morgan fingerprint density at radius 1 is 1.06 bits per heavy atom. The number of ketones is 1. The van der Waals surface area contributed by atoms with E-state index in [1.165, 1.54) is 19.2 Å². The van der Waals surface area contributed by atoms with Crippen molar-refractivity contribution in [1.29, 1.82) is 0 Å². The summed E-state index contributed by atoms with van der Waals surface area (Å²) in [6.07, 6.45) is -4.62. The second kappa shape index (κ2) is 7.76. The molecule has 0 bridgehead atoms. The smallest absolute Gasteiger partial charge is 0.416 e. The molecule has 1 N–H and O–H groups in total. The number of Topliss-reactive ketones (excluding diaryl/α,β-unsaturated/α-hetero) is 1. The molecule has 0 fully saturated rings. The van der Waals surface area contributed by atoms with Crippen molar-refractivity contribution in [3.63, 3.8) is 0 Å². The van der Waals surface area contributed by atoms with E-state index in [4.69, 9.17) is 4.74 Å². The number of aliphatic hydroxyl groups excluding tert-OH is 1. The van der Waals surface area contributed by atoms with Gasteiger partial charge >= 0.3 is 6.18 Å². The van der Waals surface area contributed by atoms with E-state index in [1.807, 2.05) is 0 Å². The molecule has 1 aliphatic heterocycles. The number of carbonyl (C=O) groups is 2. The number of halogens is 3. The third kappa shape index (κ3) is 4.15. The normalized spacial score (nSPS) is 17.3. The van der Waals surface area contributed by atoms with Crippen LogP contribution in [0.2, 0.25) is 0 Å². The van der Waals surface area contributed by atoms with E-state index in [2.05, 4.69) is 0 Å². The first-order valence-corrected chi connectivity index (χ1v) is 9.49.